The van der Waals surface area contributed by atoms with Crippen molar-refractivity contribution in [1.29, 1.82) is 0 Å². The van der Waals surface area contributed by atoms with Crippen molar-refractivity contribution in [2.75, 3.05) is 5.32 Å². The smallest absolute Gasteiger partial charge is 0.228 e. The van der Waals surface area contributed by atoms with Gasteiger partial charge in [0.25, 0.3) is 0 Å². The van der Waals surface area contributed by atoms with Gasteiger partial charge in [-0.05, 0) is 29.7 Å². The summed E-state index contributed by atoms with van der Waals surface area (Å²) in [7, 11) is 0. The summed E-state index contributed by atoms with van der Waals surface area (Å²) in [6.45, 7) is 1.94. The van der Waals surface area contributed by atoms with Crippen LogP contribution in [0.5, 0.6) is 0 Å². The third-order valence-electron chi connectivity index (χ3n) is 3.44. The van der Waals surface area contributed by atoms with Crippen molar-refractivity contribution in [2.45, 2.75) is 13.3 Å². The topological polar surface area (TPSA) is 70.7 Å². The highest BCUT2D eigenvalue weighted by molar-refractivity contribution is 5.92. The number of H-pyrrole nitrogens is 1. The molecule has 2 heterocycles. The molecule has 0 aliphatic heterocycles. The van der Waals surface area contributed by atoms with Gasteiger partial charge in [-0.25, -0.2) is 0 Å². The molecule has 0 spiro atoms. The van der Waals surface area contributed by atoms with Crippen LogP contribution in [0.3, 0.4) is 0 Å². The number of anilines is 1. The molecule has 0 unspecified atom stereocenters. The first-order valence-corrected chi connectivity index (χ1v) is 7.01. The van der Waals surface area contributed by atoms with Gasteiger partial charge in [0.1, 0.15) is 0 Å². The van der Waals surface area contributed by atoms with Gasteiger partial charge in [-0.1, -0.05) is 24.3 Å². The summed E-state index contributed by atoms with van der Waals surface area (Å²) in [5.41, 5.74) is 4.74. The number of amides is 1. The van der Waals surface area contributed by atoms with Gasteiger partial charge in [0.15, 0.2) is 0 Å². The molecule has 1 amide bonds. The van der Waals surface area contributed by atoms with E-state index in [1.54, 1.807) is 18.6 Å². The first-order valence-electron chi connectivity index (χ1n) is 7.01. The number of nitrogens with one attached hydrogen (secondary N) is 2. The fourth-order valence-corrected chi connectivity index (χ4v) is 2.24. The van der Waals surface area contributed by atoms with Crippen LogP contribution in [-0.2, 0) is 11.2 Å². The predicted octanol–water partition coefficient (Wildman–Crippen LogP) is 2.96. The molecule has 5 nitrogen and oxygen atoms in total. The van der Waals surface area contributed by atoms with Crippen LogP contribution in [0.4, 0.5) is 5.69 Å². The second-order valence-corrected chi connectivity index (χ2v) is 5.10. The number of pyridine rings is 1. The van der Waals surface area contributed by atoms with Gasteiger partial charge in [-0.2, -0.15) is 5.10 Å². The number of carbonyl (C=O) groups excluding carboxylic acids is 1. The Morgan fingerprint density at radius 3 is 2.91 bits per heavy atom. The van der Waals surface area contributed by atoms with Crippen LogP contribution < -0.4 is 5.32 Å². The summed E-state index contributed by atoms with van der Waals surface area (Å²) in [5.74, 6) is -0.0551. The van der Waals surface area contributed by atoms with Crippen molar-refractivity contribution in [3.05, 3.63) is 66.2 Å². The van der Waals surface area contributed by atoms with E-state index < -0.39 is 0 Å². The Hall–Kier alpha value is -2.95. The molecule has 3 rings (SSSR count). The summed E-state index contributed by atoms with van der Waals surface area (Å²) in [5, 5.41) is 9.63. The molecule has 0 atom stereocenters. The van der Waals surface area contributed by atoms with E-state index in [4.69, 9.17) is 0 Å². The van der Waals surface area contributed by atoms with Gasteiger partial charge in [-0.3, -0.25) is 14.9 Å². The van der Waals surface area contributed by atoms with Gasteiger partial charge >= 0.3 is 0 Å². The Balaban J connectivity index is 1.72. The largest absolute Gasteiger partial charge is 0.324 e. The molecule has 22 heavy (non-hydrogen) atoms. The van der Waals surface area contributed by atoms with Crippen LogP contribution in [0.1, 0.15) is 11.1 Å². The molecule has 0 aliphatic carbocycles. The molecule has 5 heteroatoms. The molecule has 0 radical (unpaired) electrons. The lowest BCUT2D eigenvalue weighted by Gasteiger charge is -2.08. The second-order valence-electron chi connectivity index (χ2n) is 5.10. The van der Waals surface area contributed by atoms with E-state index in [1.807, 2.05) is 43.5 Å². The van der Waals surface area contributed by atoms with E-state index in [2.05, 4.69) is 20.5 Å². The van der Waals surface area contributed by atoms with Crippen LogP contribution >= 0.6 is 0 Å². The molecule has 0 saturated heterocycles. The molecular weight excluding hydrogens is 276 g/mol. The third kappa shape index (κ3) is 3.20. The molecular formula is C17H16N4O. The first-order chi connectivity index (χ1) is 10.7. The number of benzene rings is 1. The monoisotopic (exact) mass is 292 g/mol. The van der Waals surface area contributed by atoms with Crippen molar-refractivity contribution in [3.63, 3.8) is 0 Å². The Labute approximate surface area is 128 Å². The minimum Gasteiger partial charge on any atom is -0.324 e. The summed E-state index contributed by atoms with van der Waals surface area (Å²) >= 11 is 0. The van der Waals surface area contributed by atoms with E-state index in [-0.39, 0.29) is 5.91 Å². The highest BCUT2D eigenvalue weighted by Crippen LogP contribution is 2.19. The summed E-state index contributed by atoms with van der Waals surface area (Å²) in [6.07, 6.45) is 7.28. The van der Waals surface area contributed by atoms with Crippen molar-refractivity contribution in [3.8, 4) is 11.1 Å². The molecule has 0 aliphatic rings. The zero-order valence-electron chi connectivity index (χ0n) is 12.2. The summed E-state index contributed by atoms with van der Waals surface area (Å²) in [4.78, 5) is 16.2. The van der Waals surface area contributed by atoms with E-state index in [9.17, 15) is 4.79 Å². The molecule has 0 bridgehead atoms. The zero-order valence-corrected chi connectivity index (χ0v) is 12.2. The lowest BCUT2D eigenvalue weighted by atomic mass is 10.0. The zero-order chi connectivity index (χ0) is 15.4. The SMILES string of the molecule is Cc1ccncc1NC(=O)Cc1cccc(-c2cn[nH]c2)c1. The minimum atomic E-state index is -0.0551. The van der Waals surface area contributed by atoms with Crippen molar-refractivity contribution in [2.24, 2.45) is 0 Å². The summed E-state index contributed by atoms with van der Waals surface area (Å²) in [6, 6.07) is 9.76. The number of carbonyl (C=O) groups is 1. The number of nitrogens with zero attached hydrogens (tertiary/aromatic N) is 2. The minimum absolute atomic E-state index is 0.0551. The van der Waals surface area contributed by atoms with Gasteiger partial charge in [0, 0.05) is 18.0 Å². The van der Waals surface area contributed by atoms with Crippen LogP contribution in [0.15, 0.2) is 55.1 Å². The van der Waals surface area contributed by atoms with Gasteiger partial charge in [-0.15, -0.1) is 0 Å². The number of hydrogen-bond donors (Lipinski definition) is 2. The van der Waals surface area contributed by atoms with E-state index >= 15 is 0 Å². The van der Waals surface area contributed by atoms with Crippen molar-refractivity contribution in [1.82, 2.24) is 15.2 Å². The first kappa shape index (κ1) is 14.0. The maximum Gasteiger partial charge on any atom is 0.228 e. The fourth-order valence-electron chi connectivity index (χ4n) is 2.24. The Morgan fingerprint density at radius 2 is 2.14 bits per heavy atom. The second kappa shape index (κ2) is 6.22. The van der Waals surface area contributed by atoms with Crippen molar-refractivity contribution >= 4 is 11.6 Å². The number of aromatic nitrogens is 3. The van der Waals surface area contributed by atoms with Gasteiger partial charge in [0.05, 0.1) is 24.5 Å². The number of aryl methyl sites for hydroxylation is 1. The van der Waals surface area contributed by atoms with Crippen molar-refractivity contribution < 1.29 is 4.79 Å². The third-order valence-corrected chi connectivity index (χ3v) is 3.44. The van der Waals surface area contributed by atoms with E-state index in [1.165, 1.54) is 0 Å². The molecule has 3 aromatic rings. The Kier molecular flexibility index (Phi) is 3.96. The molecule has 2 aromatic heterocycles. The molecule has 0 fully saturated rings. The van der Waals surface area contributed by atoms with Gasteiger partial charge in [0.2, 0.25) is 5.91 Å². The van der Waals surface area contributed by atoms with E-state index in [0.717, 1.165) is 27.9 Å². The standard InChI is InChI=1S/C17H16N4O/c1-12-5-6-18-11-16(12)21-17(22)8-13-3-2-4-14(7-13)15-9-19-20-10-15/h2-7,9-11H,8H2,1H3,(H,19,20)(H,21,22). The van der Waals surface area contributed by atoms with Gasteiger partial charge < -0.3 is 5.32 Å². The van der Waals surface area contributed by atoms with Crippen LogP contribution in [0.25, 0.3) is 11.1 Å². The van der Waals surface area contributed by atoms with Crippen LogP contribution in [-0.4, -0.2) is 21.1 Å². The number of hydrogen-bond acceptors (Lipinski definition) is 3. The lowest BCUT2D eigenvalue weighted by Crippen LogP contribution is -2.15. The quantitative estimate of drug-likeness (QED) is 0.776. The highest BCUT2D eigenvalue weighted by Gasteiger charge is 2.07. The average molecular weight is 292 g/mol. The summed E-state index contributed by atoms with van der Waals surface area (Å²) < 4.78 is 0. The normalized spacial score (nSPS) is 10.4. The Morgan fingerprint density at radius 1 is 1.23 bits per heavy atom. The molecule has 2 N–H and O–H groups in total. The maximum atomic E-state index is 12.2. The lowest BCUT2D eigenvalue weighted by molar-refractivity contribution is -0.115. The Bertz CT molecular complexity index is 781. The average Bonchev–Trinajstić information content (AvgIpc) is 3.04. The van der Waals surface area contributed by atoms with Crippen LogP contribution in [0.2, 0.25) is 0 Å². The van der Waals surface area contributed by atoms with E-state index in [0.29, 0.717) is 6.42 Å². The fraction of sp³-hybridized carbons (Fsp3) is 0.118. The maximum absolute atomic E-state index is 12.2. The number of aromatic amines is 1. The molecule has 0 saturated carbocycles. The molecule has 1 aromatic carbocycles. The molecule has 110 valence electrons. The number of rotatable bonds is 4. The predicted molar refractivity (Wildman–Crippen MR) is 85.3 cm³/mol. The van der Waals surface area contributed by atoms with Crippen LogP contribution in [0, 0.1) is 6.92 Å². The highest BCUT2D eigenvalue weighted by atomic mass is 16.1.